The Bertz CT molecular complexity index is 486. The molecule has 1 aliphatic rings. The van der Waals surface area contributed by atoms with Gasteiger partial charge in [-0.05, 0) is 30.5 Å². The molecule has 0 bridgehead atoms. The second-order valence-electron chi connectivity index (χ2n) is 6.62. The number of anilines is 1. The van der Waals surface area contributed by atoms with Crippen LogP contribution in [0, 0.1) is 0 Å². The third-order valence-corrected chi connectivity index (χ3v) is 4.93. The van der Waals surface area contributed by atoms with Gasteiger partial charge >= 0.3 is 0 Å². The number of hydrogen-bond acceptors (Lipinski definition) is 3. The van der Waals surface area contributed by atoms with Gasteiger partial charge in [0.25, 0.3) is 0 Å². The lowest BCUT2D eigenvalue weighted by molar-refractivity contribution is -0.132. The average Bonchev–Trinajstić information content (AvgIpc) is 2.57. The van der Waals surface area contributed by atoms with Crippen LogP contribution in [0.25, 0.3) is 0 Å². The minimum atomic E-state index is 0.256. The standard InChI is InChI=1S/C19H31N3O/c1-5-17(6-2)21-11-13-22(14-12-21)19(23)15-16-7-9-18(10-8-16)20(3)4/h7-10,17H,5-6,11-15H2,1-4H3. The fourth-order valence-corrected chi connectivity index (χ4v) is 3.34. The van der Waals surface area contributed by atoms with Crippen molar-refractivity contribution in [3.63, 3.8) is 0 Å². The fraction of sp³-hybridized carbons (Fsp3) is 0.632. The molecule has 4 heteroatoms. The SMILES string of the molecule is CCC(CC)N1CCN(C(=O)Cc2ccc(N(C)C)cc2)CC1. The first-order valence-corrected chi connectivity index (χ1v) is 8.83. The van der Waals surface area contributed by atoms with E-state index in [0.29, 0.717) is 12.5 Å². The fourth-order valence-electron chi connectivity index (χ4n) is 3.34. The van der Waals surface area contributed by atoms with E-state index in [4.69, 9.17) is 0 Å². The predicted molar refractivity (Wildman–Crippen MR) is 97.0 cm³/mol. The van der Waals surface area contributed by atoms with Gasteiger partial charge in [0.2, 0.25) is 5.91 Å². The predicted octanol–water partition coefficient (Wildman–Crippen LogP) is 2.63. The lowest BCUT2D eigenvalue weighted by atomic mass is 10.1. The molecule has 1 aliphatic heterocycles. The summed E-state index contributed by atoms with van der Waals surface area (Å²) in [6.45, 7) is 8.26. The molecule has 0 unspecified atom stereocenters. The summed E-state index contributed by atoms with van der Waals surface area (Å²) in [5.41, 5.74) is 2.27. The van der Waals surface area contributed by atoms with Crippen LogP contribution in [0.4, 0.5) is 5.69 Å². The summed E-state index contributed by atoms with van der Waals surface area (Å²) in [5, 5.41) is 0. The van der Waals surface area contributed by atoms with Crippen LogP contribution in [-0.4, -0.2) is 62.0 Å². The summed E-state index contributed by atoms with van der Waals surface area (Å²) in [7, 11) is 4.05. The van der Waals surface area contributed by atoms with E-state index in [0.717, 1.165) is 31.7 Å². The highest BCUT2D eigenvalue weighted by molar-refractivity contribution is 5.79. The number of rotatable bonds is 6. The number of hydrogen-bond donors (Lipinski definition) is 0. The molecule has 0 atom stereocenters. The van der Waals surface area contributed by atoms with Gasteiger partial charge < -0.3 is 9.80 Å². The molecule has 1 aromatic rings. The second-order valence-corrected chi connectivity index (χ2v) is 6.62. The smallest absolute Gasteiger partial charge is 0.227 e. The molecule has 23 heavy (non-hydrogen) atoms. The molecule has 1 saturated heterocycles. The molecule has 0 saturated carbocycles. The van der Waals surface area contributed by atoms with Crippen LogP contribution < -0.4 is 4.90 Å². The Morgan fingerprint density at radius 3 is 2.09 bits per heavy atom. The molecular formula is C19H31N3O. The average molecular weight is 317 g/mol. The van der Waals surface area contributed by atoms with Crippen molar-refractivity contribution in [3.8, 4) is 0 Å². The van der Waals surface area contributed by atoms with Crippen LogP contribution >= 0.6 is 0 Å². The summed E-state index contributed by atoms with van der Waals surface area (Å²) < 4.78 is 0. The topological polar surface area (TPSA) is 26.8 Å². The van der Waals surface area contributed by atoms with Gasteiger partial charge in [-0.1, -0.05) is 26.0 Å². The minimum absolute atomic E-state index is 0.256. The molecule has 128 valence electrons. The van der Waals surface area contributed by atoms with Crippen molar-refractivity contribution >= 4 is 11.6 Å². The molecule has 1 amide bonds. The van der Waals surface area contributed by atoms with E-state index >= 15 is 0 Å². The van der Waals surface area contributed by atoms with Crippen LogP contribution in [0.3, 0.4) is 0 Å². The summed E-state index contributed by atoms with van der Waals surface area (Å²) in [5.74, 6) is 0.256. The highest BCUT2D eigenvalue weighted by atomic mass is 16.2. The maximum Gasteiger partial charge on any atom is 0.227 e. The normalized spacial score (nSPS) is 16.0. The Balaban J connectivity index is 1.85. The summed E-state index contributed by atoms with van der Waals surface area (Å²) >= 11 is 0. The Kier molecular flexibility index (Phi) is 6.46. The van der Waals surface area contributed by atoms with Crippen molar-refractivity contribution < 1.29 is 4.79 Å². The quantitative estimate of drug-likeness (QED) is 0.807. The van der Waals surface area contributed by atoms with Crippen molar-refractivity contribution in [1.29, 1.82) is 0 Å². The van der Waals surface area contributed by atoms with Gasteiger partial charge in [-0.2, -0.15) is 0 Å². The molecule has 0 aromatic heterocycles. The van der Waals surface area contributed by atoms with Crippen molar-refractivity contribution in [1.82, 2.24) is 9.80 Å². The Hall–Kier alpha value is -1.55. The number of amides is 1. The van der Waals surface area contributed by atoms with Crippen LogP contribution in [-0.2, 0) is 11.2 Å². The molecule has 0 N–H and O–H groups in total. The molecule has 0 aliphatic carbocycles. The van der Waals surface area contributed by atoms with E-state index in [2.05, 4.69) is 47.9 Å². The summed E-state index contributed by atoms with van der Waals surface area (Å²) in [6.07, 6.45) is 2.91. The van der Waals surface area contributed by atoms with E-state index in [1.54, 1.807) is 0 Å². The Morgan fingerprint density at radius 2 is 1.61 bits per heavy atom. The first-order chi connectivity index (χ1) is 11.0. The minimum Gasteiger partial charge on any atom is -0.378 e. The maximum absolute atomic E-state index is 12.5. The van der Waals surface area contributed by atoms with Gasteiger partial charge in [-0.3, -0.25) is 9.69 Å². The van der Waals surface area contributed by atoms with Gasteiger partial charge in [-0.15, -0.1) is 0 Å². The summed E-state index contributed by atoms with van der Waals surface area (Å²) in [6, 6.07) is 8.95. The van der Waals surface area contributed by atoms with Crippen molar-refractivity contribution in [2.45, 2.75) is 39.2 Å². The monoisotopic (exact) mass is 317 g/mol. The zero-order chi connectivity index (χ0) is 16.8. The zero-order valence-corrected chi connectivity index (χ0v) is 15.1. The second kappa shape index (κ2) is 8.34. The van der Waals surface area contributed by atoms with Gasteiger partial charge in [0.15, 0.2) is 0 Å². The van der Waals surface area contributed by atoms with E-state index in [9.17, 15) is 4.79 Å². The van der Waals surface area contributed by atoms with Crippen LogP contribution in [0.1, 0.15) is 32.3 Å². The van der Waals surface area contributed by atoms with Gasteiger partial charge in [0.1, 0.15) is 0 Å². The third-order valence-electron chi connectivity index (χ3n) is 4.93. The van der Waals surface area contributed by atoms with Crippen molar-refractivity contribution in [2.75, 3.05) is 45.2 Å². The van der Waals surface area contributed by atoms with Crippen LogP contribution in [0.5, 0.6) is 0 Å². The lowest BCUT2D eigenvalue weighted by Crippen LogP contribution is -2.52. The lowest BCUT2D eigenvalue weighted by Gasteiger charge is -2.39. The number of carbonyl (C=O) groups is 1. The van der Waals surface area contributed by atoms with Crippen LogP contribution in [0.15, 0.2) is 24.3 Å². The number of carbonyl (C=O) groups excluding carboxylic acids is 1. The first-order valence-electron chi connectivity index (χ1n) is 8.83. The number of nitrogens with zero attached hydrogens (tertiary/aromatic N) is 3. The molecule has 0 spiro atoms. The molecule has 1 aromatic carbocycles. The maximum atomic E-state index is 12.5. The number of piperazine rings is 1. The highest BCUT2D eigenvalue weighted by Gasteiger charge is 2.24. The molecule has 1 heterocycles. The van der Waals surface area contributed by atoms with Crippen LogP contribution in [0.2, 0.25) is 0 Å². The van der Waals surface area contributed by atoms with E-state index in [1.165, 1.54) is 18.5 Å². The van der Waals surface area contributed by atoms with E-state index < -0.39 is 0 Å². The van der Waals surface area contributed by atoms with Gasteiger partial charge in [-0.25, -0.2) is 0 Å². The molecule has 0 radical (unpaired) electrons. The highest BCUT2D eigenvalue weighted by Crippen LogP contribution is 2.15. The van der Waals surface area contributed by atoms with Crippen molar-refractivity contribution in [3.05, 3.63) is 29.8 Å². The number of benzene rings is 1. The molecular weight excluding hydrogens is 286 g/mol. The Morgan fingerprint density at radius 1 is 1.04 bits per heavy atom. The molecule has 4 nitrogen and oxygen atoms in total. The van der Waals surface area contributed by atoms with E-state index in [-0.39, 0.29) is 5.91 Å². The van der Waals surface area contributed by atoms with Gasteiger partial charge in [0.05, 0.1) is 6.42 Å². The third kappa shape index (κ3) is 4.71. The largest absolute Gasteiger partial charge is 0.378 e. The van der Waals surface area contributed by atoms with Gasteiger partial charge in [0, 0.05) is 52.0 Å². The van der Waals surface area contributed by atoms with E-state index in [1.807, 2.05) is 19.0 Å². The van der Waals surface area contributed by atoms with Crippen molar-refractivity contribution in [2.24, 2.45) is 0 Å². The first kappa shape index (κ1) is 17.8. The zero-order valence-electron chi connectivity index (χ0n) is 15.1. The Labute approximate surface area is 141 Å². The molecule has 1 fully saturated rings. The summed E-state index contributed by atoms with van der Waals surface area (Å²) in [4.78, 5) is 19.1. The molecule has 2 rings (SSSR count).